The molecule has 2 atom stereocenters. The van der Waals surface area contributed by atoms with E-state index in [-0.39, 0.29) is 25.2 Å². The molecule has 0 spiro atoms. The SMILES string of the molecule is CCc1cccc(CNC[C@@H](O)[C@@H](Cc2cc(F)cc(F)c2)NC(=O)Cn2c(=O)n(C)c3ccccc32)c1. The third-order valence-electron chi connectivity index (χ3n) is 6.62. The molecule has 7 nitrogen and oxygen atoms in total. The molecule has 0 saturated heterocycles. The van der Waals surface area contributed by atoms with Crippen LogP contribution in [0.1, 0.15) is 23.6 Å². The maximum Gasteiger partial charge on any atom is 0.329 e. The van der Waals surface area contributed by atoms with Crippen LogP contribution in [0.2, 0.25) is 0 Å². The minimum Gasteiger partial charge on any atom is -0.390 e. The fourth-order valence-corrected chi connectivity index (χ4v) is 4.64. The van der Waals surface area contributed by atoms with Gasteiger partial charge in [-0.25, -0.2) is 13.6 Å². The molecule has 4 rings (SSSR count). The van der Waals surface area contributed by atoms with Crippen LogP contribution >= 0.6 is 0 Å². The summed E-state index contributed by atoms with van der Waals surface area (Å²) in [6.07, 6.45) is -0.156. The van der Waals surface area contributed by atoms with E-state index in [4.69, 9.17) is 0 Å². The molecule has 0 aliphatic rings. The fraction of sp³-hybridized carbons (Fsp3) is 0.310. The average molecular weight is 523 g/mol. The number of carbonyl (C=O) groups is 1. The molecule has 1 amide bonds. The Labute approximate surface area is 219 Å². The highest BCUT2D eigenvalue weighted by Gasteiger charge is 2.23. The largest absolute Gasteiger partial charge is 0.390 e. The van der Waals surface area contributed by atoms with Gasteiger partial charge in [0, 0.05) is 26.2 Å². The summed E-state index contributed by atoms with van der Waals surface area (Å²) >= 11 is 0. The lowest BCUT2D eigenvalue weighted by Crippen LogP contribution is -2.50. The zero-order chi connectivity index (χ0) is 27.2. The number of hydrogen-bond donors (Lipinski definition) is 3. The van der Waals surface area contributed by atoms with E-state index < -0.39 is 29.7 Å². The summed E-state index contributed by atoms with van der Waals surface area (Å²) in [7, 11) is 1.63. The number of imidazole rings is 1. The summed E-state index contributed by atoms with van der Waals surface area (Å²) < 4.78 is 30.5. The molecular weight excluding hydrogens is 490 g/mol. The molecule has 3 aromatic carbocycles. The molecule has 0 bridgehead atoms. The molecule has 1 aromatic heterocycles. The minimum atomic E-state index is -1.07. The van der Waals surface area contributed by atoms with Crippen LogP contribution in [-0.2, 0) is 37.8 Å². The Bertz CT molecular complexity index is 1460. The molecule has 4 aromatic rings. The topological polar surface area (TPSA) is 88.3 Å². The van der Waals surface area contributed by atoms with Crippen molar-refractivity contribution >= 4 is 16.9 Å². The van der Waals surface area contributed by atoms with Gasteiger partial charge in [0.05, 0.1) is 23.2 Å². The highest BCUT2D eigenvalue weighted by atomic mass is 19.1. The summed E-state index contributed by atoms with van der Waals surface area (Å²) in [6.45, 7) is 2.45. The molecule has 9 heteroatoms. The van der Waals surface area contributed by atoms with Crippen LogP contribution < -0.4 is 16.3 Å². The molecule has 0 aliphatic carbocycles. The quantitative estimate of drug-likeness (QED) is 0.283. The third kappa shape index (κ3) is 6.54. The van der Waals surface area contributed by atoms with Gasteiger partial charge in [-0.05, 0) is 53.8 Å². The summed E-state index contributed by atoms with van der Waals surface area (Å²) in [4.78, 5) is 25.8. The van der Waals surface area contributed by atoms with Crippen LogP contribution in [0.25, 0.3) is 11.0 Å². The van der Waals surface area contributed by atoms with Gasteiger partial charge in [-0.1, -0.05) is 43.3 Å². The number of amides is 1. The van der Waals surface area contributed by atoms with Crippen LogP contribution in [0.4, 0.5) is 8.78 Å². The monoisotopic (exact) mass is 522 g/mol. The maximum absolute atomic E-state index is 13.8. The van der Waals surface area contributed by atoms with Gasteiger partial charge in [0.1, 0.15) is 18.2 Å². The average Bonchev–Trinajstić information content (AvgIpc) is 3.12. The van der Waals surface area contributed by atoms with E-state index in [0.29, 0.717) is 23.1 Å². The van der Waals surface area contributed by atoms with E-state index in [1.54, 1.807) is 25.2 Å². The number of carbonyl (C=O) groups excluding carboxylic acids is 1. The zero-order valence-corrected chi connectivity index (χ0v) is 21.5. The van der Waals surface area contributed by atoms with Crippen LogP contribution in [0, 0.1) is 11.6 Å². The Morgan fingerprint density at radius 1 is 0.947 bits per heavy atom. The lowest BCUT2D eigenvalue weighted by atomic mass is 10.0. The van der Waals surface area contributed by atoms with E-state index >= 15 is 0 Å². The molecule has 200 valence electrons. The van der Waals surface area contributed by atoms with Gasteiger partial charge in [-0.2, -0.15) is 0 Å². The van der Waals surface area contributed by atoms with Gasteiger partial charge >= 0.3 is 5.69 Å². The molecule has 0 aliphatic heterocycles. The molecule has 0 saturated carbocycles. The van der Waals surface area contributed by atoms with Crippen molar-refractivity contribution in [1.29, 1.82) is 0 Å². The Kier molecular flexibility index (Phi) is 8.70. The second-order valence-electron chi connectivity index (χ2n) is 9.44. The number of aryl methyl sites for hydroxylation is 2. The highest BCUT2D eigenvalue weighted by molar-refractivity contribution is 5.81. The molecule has 1 heterocycles. The normalized spacial score (nSPS) is 13.0. The standard InChI is InChI=1S/C29H32F2N4O3/c1-3-19-7-6-8-20(11-19)16-32-17-27(36)24(14-21-12-22(30)15-23(31)13-21)33-28(37)18-35-26-10-5-4-9-25(26)34(2)29(35)38/h4-13,15,24,27,32,36H,3,14,16-18H2,1-2H3,(H,33,37)/t24-,27-/m1/s1. The lowest BCUT2D eigenvalue weighted by Gasteiger charge is -2.25. The number of aromatic nitrogens is 2. The van der Waals surface area contributed by atoms with Gasteiger partial charge in [0.15, 0.2) is 0 Å². The van der Waals surface area contributed by atoms with Crippen LogP contribution in [0.15, 0.2) is 71.5 Å². The van der Waals surface area contributed by atoms with Crippen molar-refractivity contribution in [1.82, 2.24) is 19.8 Å². The van der Waals surface area contributed by atoms with Crippen molar-refractivity contribution in [3.05, 3.63) is 106 Å². The van der Waals surface area contributed by atoms with Crippen molar-refractivity contribution in [2.45, 2.75) is 45.0 Å². The molecule has 0 fully saturated rings. The predicted molar refractivity (Wildman–Crippen MR) is 143 cm³/mol. The van der Waals surface area contributed by atoms with E-state index in [9.17, 15) is 23.5 Å². The molecule has 0 radical (unpaired) electrons. The number of benzene rings is 3. The minimum absolute atomic E-state index is 0.000970. The van der Waals surface area contributed by atoms with E-state index in [1.165, 1.54) is 26.8 Å². The Hall–Kier alpha value is -3.82. The first kappa shape index (κ1) is 27.2. The number of nitrogens with zero attached hydrogens (tertiary/aromatic N) is 2. The molecular formula is C29H32F2N4O3. The van der Waals surface area contributed by atoms with Crippen molar-refractivity contribution < 1.29 is 18.7 Å². The molecule has 38 heavy (non-hydrogen) atoms. The van der Waals surface area contributed by atoms with Crippen molar-refractivity contribution in [3.8, 4) is 0 Å². The van der Waals surface area contributed by atoms with Crippen molar-refractivity contribution in [3.63, 3.8) is 0 Å². The number of aliphatic hydroxyl groups is 1. The zero-order valence-electron chi connectivity index (χ0n) is 21.5. The van der Waals surface area contributed by atoms with Crippen molar-refractivity contribution in [2.75, 3.05) is 6.54 Å². The number of fused-ring (bicyclic) bond motifs is 1. The first-order valence-corrected chi connectivity index (χ1v) is 12.6. The second-order valence-corrected chi connectivity index (χ2v) is 9.44. The summed E-state index contributed by atoms with van der Waals surface area (Å²) in [5.74, 6) is -1.98. The smallest absolute Gasteiger partial charge is 0.329 e. The second kappa shape index (κ2) is 12.1. The number of aliphatic hydroxyl groups excluding tert-OH is 1. The van der Waals surface area contributed by atoms with Gasteiger partial charge < -0.3 is 15.7 Å². The Balaban J connectivity index is 1.49. The first-order valence-electron chi connectivity index (χ1n) is 12.6. The highest BCUT2D eigenvalue weighted by Crippen LogP contribution is 2.14. The summed E-state index contributed by atoms with van der Waals surface area (Å²) in [5.41, 5.74) is 3.50. The van der Waals surface area contributed by atoms with Crippen LogP contribution in [-0.4, -0.2) is 38.8 Å². The van der Waals surface area contributed by atoms with Crippen LogP contribution in [0.5, 0.6) is 0 Å². The van der Waals surface area contributed by atoms with Gasteiger partial charge in [0.25, 0.3) is 0 Å². The Morgan fingerprint density at radius 2 is 1.63 bits per heavy atom. The van der Waals surface area contributed by atoms with E-state index in [1.807, 2.05) is 24.3 Å². The van der Waals surface area contributed by atoms with Gasteiger partial charge in [0.2, 0.25) is 5.91 Å². The number of rotatable bonds is 11. The number of hydrogen-bond acceptors (Lipinski definition) is 4. The third-order valence-corrected chi connectivity index (χ3v) is 6.62. The number of halogens is 2. The lowest BCUT2D eigenvalue weighted by molar-refractivity contribution is -0.123. The van der Waals surface area contributed by atoms with E-state index in [0.717, 1.165) is 18.1 Å². The maximum atomic E-state index is 13.8. The van der Waals surface area contributed by atoms with E-state index in [2.05, 4.69) is 23.6 Å². The van der Waals surface area contributed by atoms with Crippen LogP contribution in [0.3, 0.4) is 0 Å². The summed E-state index contributed by atoms with van der Waals surface area (Å²) in [6, 6.07) is 17.5. The Morgan fingerprint density at radius 3 is 2.34 bits per heavy atom. The van der Waals surface area contributed by atoms with Gasteiger partial charge in [-0.3, -0.25) is 13.9 Å². The van der Waals surface area contributed by atoms with Gasteiger partial charge in [-0.15, -0.1) is 0 Å². The number of para-hydroxylation sites is 2. The fourth-order valence-electron chi connectivity index (χ4n) is 4.64. The van der Waals surface area contributed by atoms with Crippen molar-refractivity contribution in [2.24, 2.45) is 7.05 Å². The number of nitrogens with one attached hydrogen (secondary N) is 2. The summed E-state index contributed by atoms with van der Waals surface area (Å²) in [5, 5.41) is 17.0. The molecule has 3 N–H and O–H groups in total. The first-order chi connectivity index (χ1) is 18.2. The molecule has 0 unspecified atom stereocenters. The predicted octanol–water partition coefficient (Wildman–Crippen LogP) is 3.06.